The third-order valence-electron chi connectivity index (χ3n) is 4.77. The molecule has 0 saturated carbocycles. The van der Waals surface area contributed by atoms with E-state index in [0.717, 1.165) is 10.9 Å². The molecule has 7 heteroatoms. The SMILES string of the molecule is COc1ccc(C(=O)NCc2nn(Cc3cccnc3)c(=O)c3ccccc23)cc1. The molecule has 0 radical (unpaired) electrons. The van der Waals surface area contributed by atoms with Gasteiger partial charge in [-0.3, -0.25) is 14.6 Å². The zero-order valence-electron chi connectivity index (χ0n) is 16.4. The third-order valence-corrected chi connectivity index (χ3v) is 4.77. The van der Waals surface area contributed by atoms with Crippen LogP contribution in [0.25, 0.3) is 10.8 Å². The second-order valence-electron chi connectivity index (χ2n) is 6.73. The fourth-order valence-corrected chi connectivity index (χ4v) is 3.22. The summed E-state index contributed by atoms with van der Waals surface area (Å²) in [6.07, 6.45) is 3.38. The van der Waals surface area contributed by atoms with E-state index in [1.165, 1.54) is 4.68 Å². The molecular formula is C23H20N4O3. The van der Waals surface area contributed by atoms with E-state index in [-0.39, 0.29) is 18.0 Å². The predicted octanol–water partition coefficient (Wildman–Crippen LogP) is 2.78. The Morgan fingerprint density at radius 1 is 1.03 bits per heavy atom. The van der Waals surface area contributed by atoms with Crippen molar-refractivity contribution in [3.05, 3.63) is 100 Å². The number of carbonyl (C=O) groups excluding carboxylic acids is 1. The molecule has 0 aliphatic rings. The Morgan fingerprint density at radius 2 is 1.80 bits per heavy atom. The molecule has 4 aromatic rings. The van der Waals surface area contributed by atoms with Gasteiger partial charge in [0.25, 0.3) is 11.5 Å². The van der Waals surface area contributed by atoms with Gasteiger partial charge in [-0.25, -0.2) is 4.68 Å². The van der Waals surface area contributed by atoms with Gasteiger partial charge in [-0.15, -0.1) is 0 Å². The van der Waals surface area contributed by atoms with Crippen LogP contribution in [0.15, 0.2) is 77.9 Å². The second kappa shape index (κ2) is 8.57. The van der Waals surface area contributed by atoms with Crippen LogP contribution in [0, 0.1) is 0 Å². The van der Waals surface area contributed by atoms with Crippen LogP contribution in [0.4, 0.5) is 0 Å². The summed E-state index contributed by atoms with van der Waals surface area (Å²) in [5.41, 5.74) is 1.83. The summed E-state index contributed by atoms with van der Waals surface area (Å²) in [7, 11) is 1.58. The molecule has 0 aliphatic carbocycles. The zero-order valence-corrected chi connectivity index (χ0v) is 16.4. The number of pyridine rings is 1. The van der Waals surface area contributed by atoms with Crippen LogP contribution < -0.4 is 15.6 Å². The van der Waals surface area contributed by atoms with E-state index in [9.17, 15) is 9.59 Å². The molecular weight excluding hydrogens is 380 g/mol. The molecule has 0 aliphatic heterocycles. The first-order chi connectivity index (χ1) is 14.7. The van der Waals surface area contributed by atoms with Crippen LogP contribution in [0.2, 0.25) is 0 Å². The fourth-order valence-electron chi connectivity index (χ4n) is 3.22. The van der Waals surface area contributed by atoms with Gasteiger partial charge in [0.2, 0.25) is 0 Å². The summed E-state index contributed by atoms with van der Waals surface area (Å²) in [6, 6.07) is 17.8. The number of carbonyl (C=O) groups is 1. The van der Waals surface area contributed by atoms with Crippen LogP contribution in [0.5, 0.6) is 5.75 Å². The Kier molecular flexibility index (Phi) is 5.52. The van der Waals surface area contributed by atoms with Gasteiger partial charge in [0.15, 0.2) is 0 Å². The van der Waals surface area contributed by atoms with Crippen molar-refractivity contribution in [3.8, 4) is 5.75 Å². The molecule has 30 heavy (non-hydrogen) atoms. The van der Waals surface area contributed by atoms with Crippen molar-refractivity contribution < 1.29 is 9.53 Å². The number of methoxy groups -OCH3 is 1. The first kappa shape index (κ1) is 19.3. The van der Waals surface area contributed by atoms with Crippen molar-refractivity contribution in [2.45, 2.75) is 13.1 Å². The van der Waals surface area contributed by atoms with E-state index in [0.29, 0.717) is 28.9 Å². The fraction of sp³-hybridized carbons (Fsp3) is 0.130. The number of hydrogen-bond acceptors (Lipinski definition) is 5. The number of hydrogen-bond donors (Lipinski definition) is 1. The number of ether oxygens (including phenoxy) is 1. The maximum absolute atomic E-state index is 12.9. The van der Waals surface area contributed by atoms with Crippen molar-refractivity contribution >= 4 is 16.7 Å². The van der Waals surface area contributed by atoms with Gasteiger partial charge in [0, 0.05) is 23.3 Å². The molecule has 0 unspecified atom stereocenters. The molecule has 0 spiro atoms. The van der Waals surface area contributed by atoms with Crippen LogP contribution in [-0.4, -0.2) is 27.8 Å². The van der Waals surface area contributed by atoms with Gasteiger partial charge in [-0.2, -0.15) is 5.10 Å². The third kappa shape index (κ3) is 4.05. The van der Waals surface area contributed by atoms with Gasteiger partial charge < -0.3 is 10.1 Å². The molecule has 2 heterocycles. The number of nitrogens with one attached hydrogen (secondary N) is 1. The van der Waals surface area contributed by atoms with Crippen molar-refractivity contribution in [1.29, 1.82) is 0 Å². The minimum atomic E-state index is -0.228. The molecule has 0 atom stereocenters. The molecule has 150 valence electrons. The molecule has 0 fully saturated rings. The van der Waals surface area contributed by atoms with E-state index in [1.54, 1.807) is 49.8 Å². The van der Waals surface area contributed by atoms with E-state index < -0.39 is 0 Å². The Labute approximate surface area is 173 Å². The van der Waals surface area contributed by atoms with Crippen molar-refractivity contribution in [1.82, 2.24) is 20.1 Å². The predicted molar refractivity (Wildman–Crippen MR) is 114 cm³/mol. The highest BCUT2D eigenvalue weighted by molar-refractivity contribution is 5.94. The van der Waals surface area contributed by atoms with Crippen molar-refractivity contribution in [2.75, 3.05) is 7.11 Å². The standard InChI is InChI=1S/C23H20N4O3/c1-30-18-10-8-17(9-11-18)22(28)25-14-21-19-6-2-3-7-20(19)23(29)27(26-21)15-16-5-4-12-24-13-16/h2-13H,14-15H2,1H3,(H,25,28). The number of rotatable bonds is 6. The van der Waals surface area contributed by atoms with Gasteiger partial charge in [0.05, 0.1) is 31.3 Å². The molecule has 0 saturated heterocycles. The molecule has 4 rings (SSSR count). The van der Waals surface area contributed by atoms with Crippen LogP contribution >= 0.6 is 0 Å². The van der Waals surface area contributed by atoms with E-state index in [2.05, 4.69) is 15.4 Å². The number of fused-ring (bicyclic) bond motifs is 1. The highest BCUT2D eigenvalue weighted by atomic mass is 16.5. The Morgan fingerprint density at radius 3 is 2.50 bits per heavy atom. The highest BCUT2D eigenvalue weighted by Gasteiger charge is 2.13. The van der Waals surface area contributed by atoms with E-state index in [4.69, 9.17) is 4.74 Å². The molecule has 1 N–H and O–H groups in total. The number of aromatic nitrogens is 3. The van der Waals surface area contributed by atoms with Crippen molar-refractivity contribution in [2.24, 2.45) is 0 Å². The number of benzene rings is 2. The lowest BCUT2D eigenvalue weighted by molar-refractivity contribution is 0.0950. The van der Waals surface area contributed by atoms with Gasteiger partial charge in [-0.1, -0.05) is 24.3 Å². The zero-order chi connectivity index (χ0) is 20.9. The second-order valence-corrected chi connectivity index (χ2v) is 6.73. The average molecular weight is 400 g/mol. The topological polar surface area (TPSA) is 86.1 Å². The van der Waals surface area contributed by atoms with Crippen molar-refractivity contribution in [3.63, 3.8) is 0 Å². The Bertz CT molecular complexity index is 1240. The molecule has 2 aromatic carbocycles. The molecule has 1 amide bonds. The summed E-state index contributed by atoms with van der Waals surface area (Å²) in [4.78, 5) is 29.5. The quantitative estimate of drug-likeness (QED) is 0.538. The lowest BCUT2D eigenvalue weighted by Gasteiger charge is -2.12. The summed E-state index contributed by atoms with van der Waals surface area (Å²) in [6.45, 7) is 0.496. The first-order valence-corrected chi connectivity index (χ1v) is 9.45. The Hall–Kier alpha value is -4.00. The highest BCUT2D eigenvalue weighted by Crippen LogP contribution is 2.15. The lowest BCUT2D eigenvalue weighted by Crippen LogP contribution is -2.29. The lowest BCUT2D eigenvalue weighted by atomic mass is 10.1. The summed E-state index contributed by atoms with van der Waals surface area (Å²) < 4.78 is 6.53. The number of nitrogens with zero attached hydrogens (tertiary/aromatic N) is 3. The normalized spacial score (nSPS) is 10.7. The van der Waals surface area contributed by atoms with E-state index in [1.807, 2.05) is 30.3 Å². The van der Waals surface area contributed by atoms with Gasteiger partial charge in [0.1, 0.15) is 5.75 Å². The first-order valence-electron chi connectivity index (χ1n) is 9.45. The van der Waals surface area contributed by atoms with Crippen LogP contribution in [0.3, 0.4) is 0 Å². The summed E-state index contributed by atoms with van der Waals surface area (Å²) in [5.74, 6) is 0.454. The summed E-state index contributed by atoms with van der Waals surface area (Å²) in [5, 5.41) is 8.70. The number of amides is 1. The van der Waals surface area contributed by atoms with Gasteiger partial charge in [-0.05, 0) is 42.0 Å². The molecule has 7 nitrogen and oxygen atoms in total. The Balaban J connectivity index is 1.63. The maximum atomic E-state index is 12.9. The van der Waals surface area contributed by atoms with Gasteiger partial charge >= 0.3 is 0 Å². The maximum Gasteiger partial charge on any atom is 0.274 e. The summed E-state index contributed by atoms with van der Waals surface area (Å²) >= 11 is 0. The van der Waals surface area contributed by atoms with E-state index >= 15 is 0 Å². The van der Waals surface area contributed by atoms with Crippen LogP contribution in [0.1, 0.15) is 21.6 Å². The van der Waals surface area contributed by atoms with Crippen LogP contribution in [-0.2, 0) is 13.1 Å². The smallest absolute Gasteiger partial charge is 0.274 e. The average Bonchev–Trinajstić information content (AvgIpc) is 2.80. The molecule has 0 bridgehead atoms. The minimum Gasteiger partial charge on any atom is -0.497 e. The minimum absolute atomic E-state index is 0.181. The largest absolute Gasteiger partial charge is 0.497 e. The monoisotopic (exact) mass is 400 g/mol. The molecule has 2 aromatic heterocycles.